The first-order valence-electron chi connectivity index (χ1n) is 5.93. The molecule has 0 fully saturated rings. The molecule has 1 aromatic heterocycles. The van der Waals surface area contributed by atoms with Gasteiger partial charge in [-0.25, -0.2) is 0 Å². The van der Waals surface area contributed by atoms with Gasteiger partial charge in [-0.3, -0.25) is 4.79 Å². The SMILES string of the molecule is CC(=O)c1cc(C)n2c1Cc1ccccc1C2. The zero-order chi connectivity index (χ0) is 12.0. The maximum absolute atomic E-state index is 11.6. The molecule has 0 unspecified atom stereocenters. The van der Waals surface area contributed by atoms with Crippen molar-refractivity contribution in [2.75, 3.05) is 0 Å². The largest absolute Gasteiger partial charge is 0.343 e. The Kier molecular flexibility index (Phi) is 2.18. The molecule has 0 radical (unpaired) electrons. The number of hydrogen-bond donors (Lipinski definition) is 0. The van der Waals surface area contributed by atoms with Crippen LogP contribution in [0, 0.1) is 6.92 Å². The summed E-state index contributed by atoms with van der Waals surface area (Å²) in [7, 11) is 0. The summed E-state index contributed by atoms with van der Waals surface area (Å²) in [4.78, 5) is 11.6. The highest BCUT2D eigenvalue weighted by Gasteiger charge is 2.21. The summed E-state index contributed by atoms with van der Waals surface area (Å²) in [6.07, 6.45) is 0.874. The van der Waals surface area contributed by atoms with Crippen LogP contribution in [0.2, 0.25) is 0 Å². The standard InChI is InChI=1S/C15H15NO/c1-10-7-14(11(2)17)15-8-12-5-3-4-6-13(12)9-16(10)15/h3-7H,8-9H2,1-2H3. The fraction of sp³-hybridized carbons (Fsp3) is 0.267. The number of rotatable bonds is 1. The number of fused-ring (bicyclic) bond motifs is 2. The Morgan fingerprint density at radius 3 is 2.65 bits per heavy atom. The van der Waals surface area contributed by atoms with E-state index in [1.54, 1.807) is 6.92 Å². The van der Waals surface area contributed by atoms with E-state index in [0.717, 1.165) is 18.5 Å². The molecule has 1 aromatic carbocycles. The summed E-state index contributed by atoms with van der Waals surface area (Å²) in [5.74, 6) is 0.168. The molecule has 2 aromatic rings. The molecule has 0 bridgehead atoms. The normalized spacial score (nSPS) is 13.1. The van der Waals surface area contributed by atoms with E-state index < -0.39 is 0 Å². The number of aromatic nitrogens is 1. The predicted molar refractivity (Wildman–Crippen MR) is 67.5 cm³/mol. The van der Waals surface area contributed by atoms with Crippen molar-refractivity contribution in [2.45, 2.75) is 26.8 Å². The summed E-state index contributed by atoms with van der Waals surface area (Å²) in [5, 5.41) is 0. The molecule has 3 rings (SSSR count). The molecule has 17 heavy (non-hydrogen) atoms. The molecule has 0 saturated heterocycles. The minimum Gasteiger partial charge on any atom is -0.343 e. The first kappa shape index (κ1) is 10.3. The zero-order valence-electron chi connectivity index (χ0n) is 10.2. The van der Waals surface area contributed by atoms with Gasteiger partial charge in [-0.05, 0) is 31.0 Å². The average molecular weight is 225 g/mol. The Bertz CT molecular complexity index is 607. The molecule has 0 N–H and O–H groups in total. The Morgan fingerprint density at radius 2 is 1.94 bits per heavy atom. The van der Waals surface area contributed by atoms with Gasteiger partial charge < -0.3 is 4.57 Å². The lowest BCUT2D eigenvalue weighted by molar-refractivity contribution is 0.101. The highest BCUT2D eigenvalue weighted by molar-refractivity contribution is 5.95. The molecular formula is C15H15NO. The number of ketones is 1. The van der Waals surface area contributed by atoms with Gasteiger partial charge in [0.05, 0.1) is 0 Å². The number of nitrogens with zero attached hydrogens (tertiary/aromatic N) is 1. The quantitative estimate of drug-likeness (QED) is 0.584. The third-order valence-electron chi connectivity index (χ3n) is 3.60. The average Bonchev–Trinajstić information content (AvgIpc) is 2.64. The summed E-state index contributed by atoms with van der Waals surface area (Å²) < 4.78 is 2.26. The van der Waals surface area contributed by atoms with Crippen LogP contribution >= 0.6 is 0 Å². The minimum atomic E-state index is 0.168. The van der Waals surface area contributed by atoms with E-state index in [9.17, 15) is 4.79 Å². The van der Waals surface area contributed by atoms with Crippen molar-refractivity contribution in [3.8, 4) is 0 Å². The molecule has 1 aliphatic heterocycles. The van der Waals surface area contributed by atoms with Crippen LogP contribution in [0.4, 0.5) is 0 Å². The minimum absolute atomic E-state index is 0.168. The number of hydrogen-bond acceptors (Lipinski definition) is 1. The molecular weight excluding hydrogens is 210 g/mol. The van der Waals surface area contributed by atoms with Gasteiger partial charge in [-0.2, -0.15) is 0 Å². The van der Waals surface area contributed by atoms with Crippen LogP contribution in [-0.2, 0) is 13.0 Å². The van der Waals surface area contributed by atoms with Crippen LogP contribution in [0.15, 0.2) is 30.3 Å². The topological polar surface area (TPSA) is 22.0 Å². The van der Waals surface area contributed by atoms with Gasteiger partial charge in [0.2, 0.25) is 0 Å². The molecule has 86 valence electrons. The van der Waals surface area contributed by atoms with Crippen LogP contribution in [0.5, 0.6) is 0 Å². The van der Waals surface area contributed by atoms with Gasteiger partial charge in [0.1, 0.15) is 0 Å². The second-order valence-corrected chi connectivity index (χ2v) is 4.73. The monoisotopic (exact) mass is 225 g/mol. The van der Waals surface area contributed by atoms with Crippen LogP contribution in [0.3, 0.4) is 0 Å². The fourth-order valence-electron chi connectivity index (χ4n) is 2.68. The highest BCUT2D eigenvalue weighted by Crippen LogP contribution is 2.27. The maximum atomic E-state index is 11.6. The van der Waals surface area contributed by atoms with Gasteiger partial charge in [-0.1, -0.05) is 24.3 Å². The van der Waals surface area contributed by atoms with Gasteiger partial charge in [0, 0.05) is 29.9 Å². The molecule has 0 amide bonds. The summed E-state index contributed by atoms with van der Waals surface area (Å²) in [5.41, 5.74) is 5.96. The van der Waals surface area contributed by atoms with Crippen LogP contribution in [-0.4, -0.2) is 10.4 Å². The van der Waals surface area contributed by atoms with E-state index in [2.05, 4.69) is 35.8 Å². The lowest BCUT2D eigenvalue weighted by Crippen LogP contribution is -2.16. The maximum Gasteiger partial charge on any atom is 0.161 e. The second-order valence-electron chi connectivity index (χ2n) is 4.73. The molecule has 2 heterocycles. The number of aryl methyl sites for hydroxylation is 1. The molecule has 0 atom stereocenters. The number of Topliss-reactive ketones (excluding diaryl/α,β-unsaturated/α-hetero) is 1. The second kappa shape index (κ2) is 3.59. The third-order valence-corrected chi connectivity index (χ3v) is 3.60. The van der Waals surface area contributed by atoms with E-state index in [1.807, 2.05) is 6.07 Å². The molecule has 2 heteroatoms. The van der Waals surface area contributed by atoms with Gasteiger partial charge >= 0.3 is 0 Å². The van der Waals surface area contributed by atoms with Crippen molar-refractivity contribution in [2.24, 2.45) is 0 Å². The molecule has 0 spiro atoms. The smallest absolute Gasteiger partial charge is 0.161 e. The molecule has 0 aliphatic carbocycles. The number of carbonyl (C=O) groups excluding carboxylic acids is 1. The van der Waals surface area contributed by atoms with E-state index in [-0.39, 0.29) is 5.78 Å². The predicted octanol–water partition coefficient (Wildman–Crippen LogP) is 2.95. The van der Waals surface area contributed by atoms with Gasteiger partial charge in [-0.15, -0.1) is 0 Å². The summed E-state index contributed by atoms with van der Waals surface area (Å²) in [6, 6.07) is 10.5. The number of carbonyl (C=O) groups is 1. The summed E-state index contributed by atoms with van der Waals surface area (Å²) in [6.45, 7) is 4.62. The van der Waals surface area contributed by atoms with Crippen molar-refractivity contribution < 1.29 is 4.79 Å². The van der Waals surface area contributed by atoms with Crippen molar-refractivity contribution in [3.05, 3.63) is 58.4 Å². The van der Waals surface area contributed by atoms with Crippen molar-refractivity contribution in [1.29, 1.82) is 0 Å². The third kappa shape index (κ3) is 1.52. The van der Waals surface area contributed by atoms with Crippen molar-refractivity contribution in [1.82, 2.24) is 4.57 Å². The summed E-state index contributed by atoms with van der Waals surface area (Å²) >= 11 is 0. The van der Waals surface area contributed by atoms with E-state index in [4.69, 9.17) is 0 Å². The van der Waals surface area contributed by atoms with E-state index in [0.29, 0.717) is 0 Å². The lowest BCUT2D eigenvalue weighted by atomic mass is 9.97. The van der Waals surface area contributed by atoms with Crippen molar-refractivity contribution >= 4 is 5.78 Å². The van der Waals surface area contributed by atoms with E-state index in [1.165, 1.54) is 22.5 Å². The Balaban J connectivity index is 2.16. The van der Waals surface area contributed by atoms with Crippen LogP contribution < -0.4 is 0 Å². The Morgan fingerprint density at radius 1 is 1.24 bits per heavy atom. The molecule has 2 nitrogen and oxygen atoms in total. The zero-order valence-corrected chi connectivity index (χ0v) is 10.2. The van der Waals surface area contributed by atoms with Crippen LogP contribution in [0.25, 0.3) is 0 Å². The van der Waals surface area contributed by atoms with Gasteiger partial charge in [0.25, 0.3) is 0 Å². The highest BCUT2D eigenvalue weighted by atomic mass is 16.1. The first-order valence-corrected chi connectivity index (χ1v) is 5.93. The Hall–Kier alpha value is -1.83. The van der Waals surface area contributed by atoms with Crippen molar-refractivity contribution in [3.63, 3.8) is 0 Å². The first-order chi connectivity index (χ1) is 8.16. The number of benzene rings is 1. The molecule has 1 aliphatic rings. The Labute approximate surface area is 101 Å². The van der Waals surface area contributed by atoms with Gasteiger partial charge in [0.15, 0.2) is 5.78 Å². The lowest BCUT2D eigenvalue weighted by Gasteiger charge is -2.21. The fourth-order valence-corrected chi connectivity index (χ4v) is 2.68. The molecule has 0 saturated carbocycles. The van der Waals surface area contributed by atoms with Crippen LogP contribution in [0.1, 0.15) is 39.8 Å². The van der Waals surface area contributed by atoms with E-state index >= 15 is 0 Å².